The Hall–Kier alpha value is -1.43. The molecule has 6 nitrogen and oxygen atoms in total. The highest BCUT2D eigenvalue weighted by Gasteiger charge is 2.41. The molecule has 0 bridgehead atoms. The quantitative estimate of drug-likeness (QED) is 0.668. The number of ether oxygens (including phenoxy) is 1. The molecule has 0 amide bonds. The van der Waals surface area contributed by atoms with Crippen LogP contribution in [0.15, 0.2) is 6.20 Å². The highest BCUT2D eigenvalue weighted by atomic mass is 16.5. The van der Waals surface area contributed by atoms with Gasteiger partial charge >= 0.3 is 5.97 Å². The van der Waals surface area contributed by atoms with Gasteiger partial charge in [-0.3, -0.25) is 0 Å². The fourth-order valence-electron chi connectivity index (χ4n) is 1.72. The topological polar surface area (TPSA) is 77.2 Å². The van der Waals surface area contributed by atoms with E-state index in [0.29, 0.717) is 13.0 Å². The molecule has 0 saturated heterocycles. The van der Waals surface area contributed by atoms with E-state index in [9.17, 15) is 9.90 Å². The molecule has 1 aromatic heterocycles. The third-order valence-electron chi connectivity index (χ3n) is 2.56. The molecule has 1 aliphatic heterocycles. The van der Waals surface area contributed by atoms with Crippen molar-refractivity contribution in [2.24, 2.45) is 0 Å². The summed E-state index contributed by atoms with van der Waals surface area (Å²) in [6.07, 6.45) is 2.10. The van der Waals surface area contributed by atoms with E-state index >= 15 is 0 Å². The van der Waals surface area contributed by atoms with Crippen LogP contribution < -0.4 is 0 Å². The van der Waals surface area contributed by atoms with Gasteiger partial charge in [0, 0.05) is 19.4 Å². The monoisotopic (exact) mass is 211 g/mol. The summed E-state index contributed by atoms with van der Waals surface area (Å²) in [5.74, 6) is -0.558. The molecular formula is C9H13N3O3. The van der Waals surface area contributed by atoms with Gasteiger partial charge in [-0.1, -0.05) is 5.21 Å². The van der Waals surface area contributed by atoms with Crippen LogP contribution in [0, 0.1) is 0 Å². The van der Waals surface area contributed by atoms with Crippen molar-refractivity contribution in [1.82, 2.24) is 15.0 Å². The van der Waals surface area contributed by atoms with Crippen molar-refractivity contribution >= 4 is 5.97 Å². The summed E-state index contributed by atoms with van der Waals surface area (Å²) in [7, 11) is 0. The molecule has 1 aliphatic rings. The van der Waals surface area contributed by atoms with Crippen molar-refractivity contribution in [3.8, 4) is 0 Å². The van der Waals surface area contributed by atoms with Crippen molar-refractivity contribution < 1.29 is 14.6 Å². The number of hydrogen-bond acceptors (Lipinski definition) is 5. The summed E-state index contributed by atoms with van der Waals surface area (Å²) in [6, 6.07) is 0. The number of aromatic nitrogens is 3. The second-order valence-electron chi connectivity index (χ2n) is 3.63. The minimum atomic E-state index is -1.41. The molecule has 82 valence electrons. The predicted octanol–water partition coefficient (Wildman–Crippen LogP) is -0.482. The second-order valence-corrected chi connectivity index (χ2v) is 3.63. The second kappa shape index (κ2) is 3.62. The first kappa shape index (κ1) is 10.1. The Bertz CT molecular complexity index is 376. The van der Waals surface area contributed by atoms with Crippen LogP contribution in [0.4, 0.5) is 0 Å². The average Bonchev–Trinajstić information content (AvgIpc) is 2.65. The van der Waals surface area contributed by atoms with Crippen LogP contribution in [-0.2, 0) is 22.5 Å². The lowest BCUT2D eigenvalue weighted by Crippen LogP contribution is -2.46. The van der Waals surface area contributed by atoms with Crippen LogP contribution in [0.25, 0.3) is 0 Å². The Kier molecular flexibility index (Phi) is 2.44. The van der Waals surface area contributed by atoms with Gasteiger partial charge in [0.2, 0.25) is 0 Å². The van der Waals surface area contributed by atoms with Crippen molar-refractivity contribution in [3.63, 3.8) is 0 Å². The SMILES string of the molecule is CCOC(=O)C1(O)CCn2nncc2C1. The Labute approximate surface area is 86.8 Å². The first-order chi connectivity index (χ1) is 7.15. The molecule has 2 rings (SSSR count). The maximum absolute atomic E-state index is 11.5. The molecule has 0 aliphatic carbocycles. The van der Waals surface area contributed by atoms with Crippen molar-refractivity contribution in [1.29, 1.82) is 0 Å². The molecule has 1 aromatic rings. The van der Waals surface area contributed by atoms with Crippen LogP contribution in [0.5, 0.6) is 0 Å². The molecule has 1 unspecified atom stereocenters. The van der Waals surface area contributed by atoms with Crippen LogP contribution >= 0.6 is 0 Å². The van der Waals surface area contributed by atoms with E-state index in [1.54, 1.807) is 17.8 Å². The zero-order valence-corrected chi connectivity index (χ0v) is 8.51. The van der Waals surface area contributed by atoms with E-state index in [1.807, 2.05) is 0 Å². The third kappa shape index (κ3) is 1.72. The number of carbonyl (C=O) groups is 1. The summed E-state index contributed by atoms with van der Waals surface area (Å²) < 4.78 is 6.53. The van der Waals surface area contributed by atoms with Crippen molar-refractivity contribution in [2.75, 3.05) is 6.61 Å². The lowest BCUT2D eigenvalue weighted by molar-refractivity contribution is -0.167. The average molecular weight is 211 g/mol. The van der Waals surface area contributed by atoms with Gasteiger partial charge < -0.3 is 9.84 Å². The lowest BCUT2D eigenvalue weighted by Gasteiger charge is -2.29. The van der Waals surface area contributed by atoms with Crippen LogP contribution in [0.1, 0.15) is 19.0 Å². The number of nitrogens with zero attached hydrogens (tertiary/aromatic N) is 3. The molecule has 0 saturated carbocycles. The molecule has 0 radical (unpaired) electrons. The summed E-state index contributed by atoms with van der Waals surface area (Å²) >= 11 is 0. The molecule has 1 atom stereocenters. The number of aryl methyl sites for hydroxylation is 1. The Morgan fingerprint density at radius 1 is 1.80 bits per heavy atom. The summed E-state index contributed by atoms with van der Waals surface area (Å²) in [5, 5.41) is 17.6. The number of rotatable bonds is 2. The van der Waals surface area contributed by atoms with E-state index in [2.05, 4.69) is 10.3 Å². The van der Waals surface area contributed by atoms with E-state index < -0.39 is 11.6 Å². The lowest BCUT2D eigenvalue weighted by atomic mass is 9.91. The van der Waals surface area contributed by atoms with Gasteiger partial charge in [-0.05, 0) is 6.92 Å². The van der Waals surface area contributed by atoms with Crippen LogP contribution in [0.2, 0.25) is 0 Å². The van der Waals surface area contributed by atoms with Crippen LogP contribution in [0.3, 0.4) is 0 Å². The molecule has 0 spiro atoms. The fraction of sp³-hybridized carbons (Fsp3) is 0.667. The first-order valence-corrected chi connectivity index (χ1v) is 4.93. The summed E-state index contributed by atoms with van der Waals surface area (Å²) in [5.41, 5.74) is -0.648. The largest absolute Gasteiger partial charge is 0.464 e. The first-order valence-electron chi connectivity index (χ1n) is 4.93. The van der Waals surface area contributed by atoms with Crippen molar-refractivity contribution in [2.45, 2.75) is 31.9 Å². The Balaban J connectivity index is 2.17. The van der Waals surface area contributed by atoms with Gasteiger partial charge in [0.15, 0.2) is 5.60 Å². The van der Waals surface area contributed by atoms with Gasteiger partial charge in [-0.25, -0.2) is 9.48 Å². The van der Waals surface area contributed by atoms with Crippen molar-refractivity contribution in [3.05, 3.63) is 11.9 Å². The van der Waals surface area contributed by atoms with E-state index in [0.717, 1.165) is 5.69 Å². The molecule has 2 heterocycles. The summed E-state index contributed by atoms with van der Waals surface area (Å²) in [6.45, 7) is 2.49. The maximum Gasteiger partial charge on any atom is 0.338 e. The zero-order chi connectivity index (χ0) is 10.9. The van der Waals surface area contributed by atoms with Gasteiger partial charge in [0.25, 0.3) is 0 Å². The predicted molar refractivity (Wildman–Crippen MR) is 49.9 cm³/mol. The number of fused-ring (bicyclic) bond motifs is 1. The molecule has 15 heavy (non-hydrogen) atoms. The Morgan fingerprint density at radius 3 is 3.33 bits per heavy atom. The van der Waals surface area contributed by atoms with Crippen LogP contribution in [-0.4, -0.2) is 38.3 Å². The van der Waals surface area contributed by atoms with Gasteiger partial charge in [0.1, 0.15) is 0 Å². The Morgan fingerprint density at radius 2 is 2.60 bits per heavy atom. The minimum absolute atomic E-state index is 0.221. The number of aliphatic hydroxyl groups is 1. The van der Waals surface area contributed by atoms with E-state index in [4.69, 9.17) is 4.74 Å². The fourth-order valence-corrected chi connectivity index (χ4v) is 1.72. The number of hydrogen-bond donors (Lipinski definition) is 1. The standard InChI is InChI=1S/C9H13N3O3/c1-2-15-8(13)9(14)3-4-12-7(5-9)6-10-11-12/h6,14H,2-5H2,1H3. The maximum atomic E-state index is 11.5. The number of esters is 1. The molecule has 0 aromatic carbocycles. The third-order valence-corrected chi connectivity index (χ3v) is 2.56. The van der Waals surface area contributed by atoms with Gasteiger partial charge in [-0.15, -0.1) is 5.10 Å². The molecule has 1 N–H and O–H groups in total. The zero-order valence-electron chi connectivity index (χ0n) is 8.51. The highest BCUT2D eigenvalue weighted by molar-refractivity contribution is 5.79. The van der Waals surface area contributed by atoms with E-state index in [1.165, 1.54) is 0 Å². The summed E-state index contributed by atoms with van der Waals surface area (Å²) in [4.78, 5) is 11.5. The molecule has 6 heteroatoms. The smallest absolute Gasteiger partial charge is 0.338 e. The minimum Gasteiger partial charge on any atom is -0.464 e. The van der Waals surface area contributed by atoms with E-state index in [-0.39, 0.29) is 13.0 Å². The molecular weight excluding hydrogens is 198 g/mol. The van der Waals surface area contributed by atoms with Gasteiger partial charge in [0.05, 0.1) is 18.5 Å². The normalized spacial score (nSPS) is 24.7. The molecule has 0 fully saturated rings. The van der Waals surface area contributed by atoms with Gasteiger partial charge in [-0.2, -0.15) is 0 Å². The number of carbonyl (C=O) groups excluding carboxylic acids is 1. The highest BCUT2D eigenvalue weighted by Crippen LogP contribution is 2.24.